The normalized spacial score (nSPS) is 15.3. The zero-order chi connectivity index (χ0) is 24.4. The molecule has 1 N–H and O–H groups in total. The molecule has 0 aliphatic carbocycles. The van der Waals surface area contributed by atoms with Gasteiger partial charge in [0, 0.05) is 6.54 Å². The average Bonchev–Trinajstić information content (AvgIpc) is 3.23. The maximum Gasteiger partial charge on any atom is 0.316 e. The highest BCUT2D eigenvalue weighted by Gasteiger charge is 2.18. The molecule has 7 heteroatoms. The Bertz CT molecular complexity index is 586. The van der Waals surface area contributed by atoms with Crippen molar-refractivity contribution in [3.05, 3.63) is 17.0 Å². The molecule has 1 fully saturated rings. The average molecular weight is 471 g/mol. The number of aromatic nitrogens is 2. The van der Waals surface area contributed by atoms with Gasteiger partial charge in [-0.05, 0) is 69.0 Å². The first-order valence-corrected chi connectivity index (χ1v) is 13.2. The highest BCUT2D eigenvalue weighted by Crippen LogP contribution is 2.24. The van der Waals surface area contributed by atoms with Gasteiger partial charge in [-0.15, -0.1) is 0 Å². The number of fused-ring (bicyclic) bond motifs is 1. The molecule has 3 heterocycles. The van der Waals surface area contributed by atoms with Gasteiger partial charge in [-0.25, -0.2) is 0 Å². The van der Waals surface area contributed by atoms with Crippen LogP contribution in [0.5, 0.6) is 6.01 Å². The lowest BCUT2D eigenvalue weighted by Gasteiger charge is -2.20. The molecule has 2 aliphatic heterocycles. The molecule has 1 aromatic rings. The van der Waals surface area contributed by atoms with Crippen molar-refractivity contribution in [3.63, 3.8) is 0 Å². The van der Waals surface area contributed by atoms with Crippen LogP contribution in [0.15, 0.2) is 0 Å². The molecule has 0 amide bonds. The number of hydrogen-bond donors (Lipinski definition) is 1. The van der Waals surface area contributed by atoms with Gasteiger partial charge in [0.2, 0.25) is 0 Å². The Morgan fingerprint density at radius 2 is 1.62 bits per heavy atom. The second kappa shape index (κ2) is 18.5. The highest BCUT2D eigenvalue weighted by atomic mass is 32.2. The summed E-state index contributed by atoms with van der Waals surface area (Å²) >= 11 is 1.46. The molecule has 0 spiro atoms. The fourth-order valence-corrected chi connectivity index (χ4v) is 3.68. The van der Waals surface area contributed by atoms with Crippen molar-refractivity contribution >= 4 is 12.0 Å². The van der Waals surface area contributed by atoms with E-state index in [1.54, 1.807) is 7.11 Å². The lowest BCUT2D eigenvalue weighted by atomic mass is 9.99. The monoisotopic (exact) mass is 470 g/mol. The molecule has 1 saturated heterocycles. The van der Waals surface area contributed by atoms with E-state index in [1.165, 1.54) is 56.4 Å². The predicted octanol–water partition coefficient (Wildman–Crippen LogP) is 5.89. The van der Waals surface area contributed by atoms with E-state index < -0.39 is 0 Å². The summed E-state index contributed by atoms with van der Waals surface area (Å²) in [6.07, 6.45) is 6.29. The fourth-order valence-electron chi connectivity index (χ4n) is 2.81. The highest BCUT2D eigenvalue weighted by molar-refractivity contribution is 7.93. The van der Waals surface area contributed by atoms with Crippen molar-refractivity contribution in [1.82, 2.24) is 20.2 Å². The molecule has 1 aromatic heterocycles. The van der Waals surface area contributed by atoms with Crippen molar-refractivity contribution in [3.8, 4) is 6.01 Å². The first kappa shape index (κ1) is 31.1. The second-order valence-corrected chi connectivity index (χ2v) is 10.3. The molecule has 3 rings (SSSR count). The Hall–Kier alpha value is -0.890. The maximum atomic E-state index is 5.67. The summed E-state index contributed by atoms with van der Waals surface area (Å²) in [5.74, 6) is 0.733. The van der Waals surface area contributed by atoms with Gasteiger partial charge in [-0.1, -0.05) is 61.3 Å². The van der Waals surface area contributed by atoms with Gasteiger partial charge in [0.25, 0.3) is 0 Å². The largest absolute Gasteiger partial charge is 0.467 e. The Balaban J connectivity index is 0.000000657. The standard InChI is InChI=1S/C14H23N3O2S.C5H11N.2C3H8/c1-14(2,3)9-19-20-8-12-10-5-6-15-7-11(10)16-13(17-12)18-4;1-6-4-2-3-5-6;2*1-3-2/h15H,5-9H2,1-4H3;2-5H2,1H3;2*3H2,1-2H3. The molecule has 2 aliphatic rings. The summed E-state index contributed by atoms with van der Waals surface area (Å²) in [5, 5.41) is 3.32. The first-order chi connectivity index (χ1) is 15.2. The van der Waals surface area contributed by atoms with Gasteiger partial charge in [-0.2, -0.15) is 9.97 Å². The summed E-state index contributed by atoms with van der Waals surface area (Å²) in [4.78, 5) is 11.3. The van der Waals surface area contributed by atoms with Gasteiger partial charge < -0.3 is 19.1 Å². The predicted molar refractivity (Wildman–Crippen MR) is 139 cm³/mol. The van der Waals surface area contributed by atoms with Crippen LogP contribution < -0.4 is 10.1 Å². The van der Waals surface area contributed by atoms with Gasteiger partial charge in [-0.3, -0.25) is 0 Å². The minimum absolute atomic E-state index is 0.180. The van der Waals surface area contributed by atoms with Crippen LogP contribution in [-0.2, 0) is 22.9 Å². The molecular formula is C25H50N4O2S. The third kappa shape index (κ3) is 15.0. The van der Waals surface area contributed by atoms with E-state index >= 15 is 0 Å². The van der Waals surface area contributed by atoms with E-state index in [0.717, 1.165) is 43.3 Å². The second-order valence-electron chi connectivity index (χ2n) is 9.52. The van der Waals surface area contributed by atoms with Crippen LogP contribution in [0.3, 0.4) is 0 Å². The number of methoxy groups -OCH3 is 1. The van der Waals surface area contributed by atoms with Crippen molar-refractivity contribution < 1.29 is 8.92 Å². The van der Waals surface area contributed by atoms with Gasteiger partial charge in [0.1, 0.15) is 0 Å². The summed E-state index contributed by atoms with van der Waals surface area (Å²) in [7, 11) is 3.78. The smallest absolute Gasteiger partial charge is 0.316 e. The van der Waals surface area contributed by atoms with Crippen LogP contribution in [-0.4, -0.2) is 55.3 Å². The van der Waals surface area contributed by atoms with Gasteiger partial charge in [0.15, 0.2) is 0 Å². The lowest BCUT2D eigenvalue weighted by molar-refractivity contribution is 0.227. The maximum absolute atomic E-state index is 5.67. The third-order valence-electron chi connectivity index (χ3n) is 4.29. The zero-order valence-corrected chi connectivity index (χ0v) is 23.2. The summed E-state index contributed by atoms with van der Waals surface area (Å²) < 4.78 is 10.8. The Morgan fingerprint density at radius 3 is 2.09 bits per heavy atom. The molecule has 0 unspecified atom stereocenters. The third-order valence-corrected chi connectivity index (χ3v) is 4.96. The quantitative estimate of drug-likeness (QED) is 0.425. The Labute approximate surface area is 202 Å². The van der Waals surface area contributed by atoms with E-state index in [4.69, 9.17) is 8.92 Å². The molecule has 0 saturated carbocycles. The molecule has 0 aromatic carbocycles. The van der Waals surface area contributed by atoms with Crippen LogP contribution in [0, 0.1) is 5.41 Å². The number of ether oxygens (including phenoxy) is 1. The summed E-state index contributed by atoms with van der Waals surface area (Å²) in [6, 6.07) is 0.443. The molecule has 32 heavy (non-hydrogen) atoms. The molecule has 0 atom stereocenters. The number of nitrogens with one attached hydrogen (secondary N) is 1. The summed E-state index contributed by atoms with van der Waals surface area (Å²) in [5.41, 5.74) is 3.51. The van der Waals surface area contributed by atoms with E-state index in [0.29, 0.717) is 6.01 Å². The fraction of sp³-hybridized carbons (Fsp3) is 0.840. The number of rotatable bonds is 5. The number of likely N-dealkylation sites (tertiary alicyclic amines) is 1. The van der Waals surface area contributed by atoms with Crippen LogP contribution in [0.25, 0.3) is 0 Å². The van der Waals surface area contributed by atoms with E-state index in [1.807, 2.05) is 0 Å². The Kier molecular flexibility index (Phi) is 18.0. The first-order valence-electron chi connectivity index (χ1n) is 12.3. The van der Waals surface area contributed by atoms with Gasteiger partial charge in [0.05, 0.1) is 30.9 Å². The van der Waals surface area contributed by atoms with Crippen molar-refractivity contribution in [2.45, 2.75) is 92.9 Å². The van der Waals surface area contributed by atoms with Crippen LogP contribution in [0.1, 0.15) is 91.1 Å². The number of nitrogens with zero attached hydrogens (tertiary/aromatic N) is 3. The van der Waals surface area contributed by atoms with E-state index in [-0.39, 0.29) is 5.41 Å². The zero-order valence-electron chi connectivity index (χ0n) is 22.3. The van der Waals surface area contributed by atoms with E-state index in [9.17, 15) is 0 Å². The minimum Gasteiger partial charge on any atom is -0.467 e. The topological polar surface area (TPSA) is 59.5 Å². The Morgan fingerprint density at radius 1 is 1.03 bits per heavy atom. The molecule has 6 nitrogen and oxygen atoms in total. The molecule has 0 bridgehead atoms. The van der Waals surface area contributed by atoms with Crippen molar-refractivity contribution in [2.24, 2.45) is 5.41 Å². The van der Waals surface area contributed by atoms with Crippen molar-refractivity contribution in [1.29, 1.82) is 0 Å². The molecule has 188 valence electrons. The lowest BCUT2D eigenvalue weighted by Crippen LogP contribution is -2.26. The molecular weight excluding hydrogens is 420 g/mol. The summed E-state index contributed by atoms with van der Waals surface area (Å²) in [6.45, 7) is 20.1. The van der Waals surface area contributed by atoms with Crippen LogP contribution in [0.4, 0.5) is 0 Å². The minimum atomic E-state index is 0.180. The van der Waals surface area contributed by atoms with E-state index in [2.05, 4.69) is 75.7 Å². The van der Waals surface area contributed by atoms with Crippen molar-refractivity contribution in [2.75, 3.05) is 40.4 Å². The SMILES string of the molecule is CCC.CCC.CN1CCCC1.COc1nc2c(c(CSOCC(C)(C)C)n1)CCNC2. The van der Waals surface area contributed by atoms with Gasteiger partial charge >= 0.3 is 6.01 Å². The van der Waals surface area contributed by atoms with Crippen LogP contribution >= 0.6 is 12.0 Å². The molecule has 0 radical (unpaired) electrons. The number of hydrogen-bond acceptors (Lipinski definition) is 7. The van der Waals surface area contributed by atoms with Crippen LogP contribution in [0.2, 0.25) is 0 Å².